The van der Waals surface area contributed by atoms with E-state index in [0.29, 0.717) is 11.4 Å². The van der Waals surface area contributed by atoms with Gasteiger partial charge in [-0.05, 0) is 85.1 Å². The Bertz CT molecular complexity index is 1280. The van der Waals surface area contributed by atoms with Crippen molar-refractivity contribution in [2.75, 3.05) is 43.0 Å². The van der Waals surface area contributed by atoms with Gasteiger partial charge in [-0.1, -0.05) is 12.1 Å². The van der Waals surface area contributed by atoms with Crippen molar-refractivity contribution < 1.29 is 17.5 Å². The minimum atomic E-state index is -4.02. The van der Waals surface area contributed by atoms with E-state index in [4.69, 9.17) is 16.5 Å². The van der Waals surface area contributed by atoms with Crippen molar-refractivity contribution in [3.8, 4) is 5.75 Å². The molecule has 0 amide bonds. The molecule has 0 aromatic heterocycles. The van der Waals surface area contributed by atoms with Gasteiger partial charge in [0, 0.05) is 39.0 Å². The van der Waals surface area contributed by atoms with Crippen LogP contribution < -0.4 is 13.5 Å². The van der Waals surface area contributed by atoms with Gasteiger partial charge < -0.3 is 14.5 Å². The van der Waals surface area contributed by atoms with Crippen molar-refractivity contribution in [2.24, 2.45) is 0 Å². The van der Waals surface area contributed by atoms with E-state index in [1.807, 2.05) is 31.1 Å². The fourth-order valence-corrected chi connectivity index (χ4v) is 5.48. The summed E-state index contributed by atoms with van der Waals surface area (Å²) in [6, 6.07) is 16.1. The first-order chi connectivity index (χ1) is 16.6. The molecule has 1 aliphatic rings. The zero-order valence-corrected chi connectivity index (χ0v) is 21.6. The van der Waals surface area contributed by atoms with Gasteiger partial charge in [-0.15, -0.1) is 0 Å². The van der Waals surface area contributed by atoms with Crippen LogP contribution in [0.4, 0.5) is 15.8 Å². The molecule has 0 saturated carbocycles. The molecule has 0 fully saturated rings. The molecule has 0 aliphatic carbocycles. The van der Waals surface area contributed by atoms with Gasteiger partial charge in [-0.2, -0.15) is 12.2 Å². The zero-order valence-electron chi connectivity index (χ0n) is 20.0. The average molecular weight is 518 g/mol. The van der Waals surface area contributed by atoms with Crippen molar-refractivity contribution in [3.63, 3.8) is 0 Å². The Morgan fingerprint density at radius 1 is 0.943 bits per heavy atom. The molecule has 0 saturated heterocycles. The molecular formula is C26H29ClFN3O3S. The van der Waals surface area contributed by atoms with Gasteiger partial charge in [0.25, 0.3) is 10.0 Å². The van der Waals surface area contributed by atoms with E-state index in [1.165, 1.54) is 29.8 Å². The number of rotatable bonds is 7. The summed E-state index contributed by atoms with van der Waals surface area (Å²) in [5.74, 6) is 0.186. The predicted octanol–water partition coefficient (Wildman–Crippen LogP) is 4.85. The Morgan fingerprint density at radius 2 is 1.51 bits per heavy atom. The maximum atomic E-state index is 13.4. The monoisotopic (exact) mass is 517 g/mol. The summed E-state index contributed by atoms with van der Waals surface area (Å²) >= 11 is 6.53. The lowest BCUT2D eigenvalue weighted by Gasteiger charge is -2.25. The molecule has 3 aromatic carbocycles. The third-order valence-corrected chi connectivity index (χ3v) is 8.36. The summed E-state index contributed by atoms with van der Waals surface area (Å²) in [5.41, 5.74) is 4.30. The van der Waals surface area contributed by atoms with E-state index in [-0.39, 0.29) is 17.3 Å². The minimum absolute atomic E-state index is 0.0565. The summed E-state index contributed by atoms with van der Waals surface area (Å²) in [6.07, 6.45) is 1.73. The first-order valence-electron chi connectivity index (χ1n) is 11.4. The molecule has 0 atom stereocenters. The molecule has 0 bridgehead atoms. The third kappa shape index (κ3) is 5.72. The Labute approximate surface area is 211 Å². The molecule has 1 aliphatic heterocycles. The van der Waals surface area contributed by atoms with Gasteiger partial charge in [0.2, 0.25) is 0 Å². The number of sulfonamides is 1. The SMILES string of the molecule is CN1CCc2cc(N(C)C)c(N(Cl)S(=O)(=O)c3ccc(OCc4ccc(F)cc4)cc3)cc2CC1. The van der Waals surface area contributed by atoms with Crippen LogP contribution in [0.2, 0.25) is 0 Å². The molecule has 3 aromatic rings. The van der Waals surface area contributed by atoms with E-state index >= 15 is 0 Å². The number of anilines is 2. The highest BCUT2D eigenvalue weighted by atomic mass is 35.5. The summed E-state index contributed by atoms with van der Waals surface area (Å²) in [6.45, 7) is 2.10. The number of likely N-dealkylation sites (N-methyl/N-ethyl adjacent to an activating group) is 1. The summed E-state index contributed by atoms with van der Waals surface area (Å²) in [5, 5.41) is 0. The van der Waals surface area contributed by atoms with E-state index in [2.05, 4.69) is 11.9 Å². The standard InChI is InChI=1S/C26H29ClFN3O3S/c1-29(2)25-16-20-12-14-30(3)15-13-21(20)17-26(25)31(27)35(32,33)24-10-8-23(9-11-24)34-18-19-4-6-22(28)7-5-19/h4-11,16-17H,12-15,18H2,1-3H3. The third-order valence-electron chi connectivity index (χ3n) is 6.15. The van der Waals surface area contributed by atoms with Crippen LogP contribution in [0.5, 0.6) is 5.75 Å². The van der Waals surface area contributed by atoms with Crippen LogP contribution in [-0.4, -0.2) is 47.6 Å². The van der Waals surface area contributed by atoms with Gasteiger partial charge in [0.05, 0.1) is 16.3 Å². The van der Waals surface area contributed by atoms with Gasteiger partial charge in [0.1, 0.15) is 18.2 Å². The van der Waals surface area contributed by atoms with Gasteiger partial charge >= 0.3 is 0 Å². The van der Waals surface area contributed by atoms with Crippen LogP contribution in [-0.2, 0) is 29.5 Å². The maximum Gasteiger partial charge on any atom is 0.278 e. The van der Waals surface area contributed by atoms with Crippen molar-refractivity contribution in [1.82, 2.24) is 4.90 Å². The van der Waals surface area contributed by atoms with Crippen molar-refractivity contribution in [2.45, 2.75) is 24.3 Å². The predicted molar refractivity (Wildman–Crippen MR) is 138 cm³/mol. The molecule has 186 valence electrons. The average Bonchev–Trinajstić information content (AvgIpc) is 3.03. The molecule has 9 heteroatoms. The van der Waals surface area contributed by atoms with Crippen molar-refractivity contribution in [1.29, 1.82) is 0 Å². The first kappa shape index (κ1) is 25.3. The van der Waals surface area contributed by atoms with E-state index in [0.717, 1.165) is 46.6 Å². The van der Waals surface area contributed by atoms with E-state index in [9.17, 15) is 12.8 Å². The molecule has 0 unspecified atom stereocenters. The van der Waals surface area contributed by atoms with Crippen molar-refractivity contribution >= 4 is 33.2 Å². The second kappa shape index (κ2) is 10.4. The minimum Gasteiger partial charge on any atom is -0.489 e. The number of ether oxygens (including phenoxy) is 1. The lowest BCUT2D eigenvalue weighted by molar-refractivity contribution is 0.306. The quantitative estimate of drug-likeness (QED) is 0.419. The second-order valence-electron chi connectivity index (χ2n) is 8.91. The zero-order chi connectivity index (χ0) is 25.2. The van der Waals surface area contributed by atoms with Gasteiger partial charge in [-0.3, -0.25) is 0 Å². The number of halogens is 2. The number of fused-ring (bicyclic) bond motifs is 1. The lowest BCUT2D eigenvalue weighted by Crippen LogP contribution is -2.24. The second-order valence-corrected chi connectivity index (χ2v) is 11.2. The highest BCUT2D eigenvalue weighted by molar-refractivity contribution is 7.94. The summed E-state index contributed by atoms with van der Waals surface area (Å²) in [7, 11) is 1.82. The molecule has 0 spiro atoms. The van der Waals surface area contributed by atoms with Crippen molar-refractivity contribution in [3.05, 3.63) is 83.2 Å². The molecule has 35 heavy (non-hydrogen) atoms. The van der Waals surface area contributed by atoms with Crippen LogP contribution in [0, 0.1) is 5.82 Å². The Kier molecular flexibility index (Phi) is 7.54. The van der Waals surface area contributed by atoms with Gasteiger partial charge in [0.15, 0.2) is 0 Å². The molecule has 0 radical (unpaired) electrons. The van der Waals surface area contributed by atoms with Crippen LogP contribution in [0.1, 0.15) is 16.7 Å². The summed E-state index contributed by atoms with van der Waals surface area (Å²) < 4.78 is 46.4. The number of benzene rings is 3. The largest absolute Gasteiger partial charge is 0.489 e. The molecule has 6 nitrogen and oxygen atoms in total. The smallest absolute Gasteiger partial charge is 0.278 e. The number of hydrogen-bond donors (Lipinski definition) is 0. The fourth-order valence-electron chi connectivity index (χ4n) is 4.04. The fraction of sp³-hybridized carbons (Fsp3) is 0.308. The highest BCUT2D eigenvalue weighted by Crippen LogP contribution is 2.37. The Morgan fingerprint density at radius 3 is 2.09 bits per heavy atom. The van der Waals surface area contributed by atoms with Crippen LogP contribution in [0.15, 0.2) is 65.6 Å². The first-order valence-corrected chi connectivity index (χ1v) is 13.1. The van der Waals surface area contributed by atoms with E-state index in [1.54, 1.807) is 24.3 Å². The Hall–Kier alpha value is -2.81. The summed E-state index contributed by atoms with van der Waals surface area (Å²) in [4.78, 5) is 4.20. The molecule has 4 rings (SSSR count). The number of nitrogens with zero attached hydrogens (tertiary/aromatic N) is 3. The van der Waals surface area contributed by atoms with Crippen LogP contribution >= 0.6 is 11.8 Å². The van der Waals surface area contributed by atoms with Gasteiger partial charge in [-0.25, -0.2) is 4.39 Å². The highest BCUT2D eigenvalue weighted by Gasteiger charge is 2.28. The topological polar surface area (TPSA) is 53.1 Å². The maximum absolute atomic E-state index is 13.4. The van der Waals surface area contributed by atoms with E-state index < -0.39 is 10.0 Å². The van der Waals surface area contributed by atoms with Crippen LogP contribution in [0.3, 0.4) is 0 Å². The molecule has 1 heterocycles. The number of hydrogen-bond acceptors (Lipinski definition) is 5. The lowest BCUT2D eigenvalue weighted by atomic mass is 10.0. The molecule has 0 N–H and O–H groups in total. The normalized spacial score (nSPS) is 14.2. The Balaban J connectivity index is 1.57. The van der Waals surface area contributed by atoms with Crippen LogP contribution in [0.25, 0.3) is 0 Å². The molecular weight excluding hydrogens is 489 g/mol.